The van der Waals surface area contributed by atoms with Gasteiger partial charge < -0.3 is 14.2 Å². The van der Waals surface area contributed by atoms with E-state index in [-0.39, 0.29) is 6.10 Å². The maximum Gasteiger partial charge on any atom is 0.276 e. The molecule has 0 bridgehead atoms. The summed E-state index contributed by atoms with van der Waals surface area (Å²) in [6, 6.07) is 6.39. The molecular weight excluding hydrogens is 328 g/mol. The average Bonchev–Trinajstić information content (AvgIpc) is 3.26. The number of aromatic nitrogens is 4. The van der Waals surface area contributed by atoms with E-state index < -0.39 is 0 Å². The van der Waals surface area contributed by atoms with Crippen molar-refractivity contribution >= 4 is 21.8 Å². The molecule has 0 fully saturated rings. The Kier molecular flexibility index (Phi) is 4.20. The van der Waals surface area contributed by atoms with E-state index in [4.69, 9.17) is 9.26 Å². The van der Waals surface area contributed by atoms with Crippen molar-refractivity contribution in [2.24, 2.45) is 0 Å². The van der Waals surface area contributed by atoms with Crippen molar-refractivity contribution in [1.29, 1.82) is 0 Å². The first kappa shape index (κ1) is 16.7. The topological polar surface area (TPSA) is 76.8 Å². The van der Waals surface area contributed by atoms with Crippen molar-refractivity contribution in [2.45, 2.75) is 40.2 Å². The van der Waals surface area contributed by atoms with Crippen LogP contribution in [0, 0.1) is 6.92 Å². The van der Waals surface area contributed by atoms with Crippen molar-refractivity contribution in [1.82, 2.24) is 20.1 Å². The van der Waals surface area contributed by atoms with Crippen LogP contribution >= 0.6 is 0 Å². The molecule has 3 aromatic heterocycles. The molecule has 0 aliphatic rings. The smallest absolute Gasteiger partial charge is 0.276 e. The van der Waals surface area contributed by atoms with Crippen molar-refractivity contribution in [3.05, 3.63) is 41.3 Å². The molecule has 0 saturated carbocycles. The molecule has 0 aliphatic heterocycles. The number of aromatic amines is 1. The van der Waals surface area contributed by atoms with Gasteiger partial charge in [0.15, 0.2) is 5.82 Å². The molecule has 4 aromatic rings. The molecule has 1 aromatic carbocycles. The number of nitrogens with one attached hydrogen (secondary N) is 1. The number of aryl methyl sites for hydroxylation is 2. The fraction of sp³-hybridized carbons (Fsp3) is 0.350. The van der Waals surface area contributed by atoms with Gasteiger partial charge in [-0.05, 0) is 44.0 Å². The second-order valence-electron chi connectivity index (χ2n) is 6.42. The summed E-state index contributed by atoms with van der Waals surface area (Å²) in [5.41, 5.74) is 4.99. The molecule has 6 heteroatoms. The lowest BCUT2D eigenvalue weighted by molar-refractivity contribution is 0.0765. The van der Waals surface area contributed by atoms with E-state index in [0.717, 1.165) is 45.0 Å². The first-order valence-corrected chi connectivity index (χ1v) is 8.97. The highest BCUT2D eigenvalue weighted by Crippen LogP contribution is 2.34. The minimum atomic E-state index is 0.0546. The van der Waals surface area contributed by atoms with E-state index in [0.29, 0.717) is 18.3 Å². The summed E-state index contributed by atoms with van der Waals surface area (Å²) >= 11 is 0. The van der Waals surface area contributed by atoms with E-state index in [1.54, 1.807) is 0 Å². The molecule has 4 rings (SSSR count). The summed E-state index contributed by atoms with van der Waals surface area (Å²) in [5, 5.41) is 6.27. The van der Waals surface area contributed by atoms with Crippen LogP contribution in [-0.4, -0.2) is 26.7 Å². The van der Waals surface area contributed by atoms with E-state index in [1.165, 1.54) is 0 Å². The van der Waals surface area contributed by atoms with Crippen LogP contribution in [0.4, 0.5) is 0 Å². The van der Waals surface area contributed by atoms with Crippen LogP contribution in [-0.2, 0) is 11.2 Å². The molecule has 134 valence electrons. The Hall–Kier alpha value is -2.73. The largest absolute Gasteiger partial charge is 0.374 e. The SMILES string of the molecule is CCOC(C)c1ccc2[nH]c3cnc(-c4nc(CC)no4)c(C)c3c2c1. The van der Waals surface area contributed by atoms with E-state index in [1.807, 2.05) is 27.0 Å². The Labute approximate surface area is 151 Å². The third-order valence-corrected chi connectivity index (χ3v) is 4.78. The van der Waals surface area contributed by atoms with Gasteiger partial charge in [-0.1, -0.05) is 18.1 Å². The Morgan fingerprint density at radius 1 is 1.23 bits per heavy atom. The third kappa shape index (κ3) is 2.66. The van der Waals surface area contributed by atoms with Gasteiger partial charge >= 0.3 is 0 Å². The molecule has 3 heterocycles. The van der Waals surface area contributed by atoms with Crippen molar-refractivity contribution in [2.75, 3.05) is 6.61 Å². The zero-order valence-electron chi connectivity index (χ0n) is 15.5. The predicted octanol–water partition coefficient (Wildman–Crippen LogP) is 4.73. The number of hydrogen-bond donors (Lipinski definition) is 1. The molecule has 0 aliphatic carbocycles. The molecular formula is C20H22N4O2. The summed E-state index contributed by atoms with van der Waals surface area (Å²) in [7, 11) is 0. The van der Waals surface area contributed by atoms with Gasteiger partial charge in [0.1, 0.15) is 5.69 Å². The van der Waals surface area contributed by atoms with Gasteiger partial charge in [0.05, 0.1) is 17.8 Å². The third-order valence-electron chi connectivity index (χ3n) is 4.78. The number of nitrogens with zero attached hydrogens (tertiary/aromatic N) is 3. The molecule has 6 nitrogen and oxygen atoms in total. The minimum absolute atomic E-state index is 0.0546. The summed E-state index contributed by atoms with van der Waals surface area (Å²) < 4.78 is 11.1. The van der Waals surface area contributed by atoms with Gasteiger partial charge in [-0.25, -0.2) is 4.98 Å². The van der Waals surface area contributed by atoms with Gasteiger partial charge in [0.2, 0.25) is 0 Å². The molecule has 1 N–H and O–H groups in total. The predicted molar refractivity (Wildman–Crippen MR) is 101 cm³/mol. The Morgan fingerprint density at radius 2 is 2.08 bits per heavy atom. The molecule has 1 atom stereocenters. The summed E-state index contributed by atoms with van der Waals surface area (Å²) in [6.45, 7) is 8.82. The molecule has 0 radical (unpaired) electrons. The zero-order chi connectivity index (χ0) is 18.3. The number of ether oxygens (including phenoxy) is 1. The normalized spacial score (nSPS) is 12.9. The highest BCUT2D eigenvalue weighted by Gasteiger charge is 2.18. The fourth-order valence-corrected chi connectivity index (χ4v) is 3.38. The quantitative estimate of drug-likeness (QED) is 0.563. The minimum Gasteiger partial charge on any atom is -0.374 e. The number of fused-ring (bicyclic) bond motifs is 3. The highest BCUT2D eigenvalue weighted by molar-refractivity contribution is 6.10. The second-order valence-corrected chi connectivity index (χ2v) is 6.42. The number of H-pyrrole nitrogens is 1. The number of pyridine rings is 1. The lowest BCUT2D eigenvalue weighted by atomic mass is 10.0. The van der Waals surface area contributed by atoms with Crippen LogP contribution < -0.4 is 0 Å². The highest BCUT2D eigenvalue weighted by atomic mass is 16.5. The molecule has 1 unspecified atom stereocenters. The Balaban J connectivity index is 1.91. The summed E-state index contributed by atoms with van der Waals surface area (Å²) in [6.07, 6.45) is 2.62. The maximum atomic E-state index is 5.75. The monoisotopic (exact) mass is 350 g/mol. The lowest BCUT2D eigenvalue weighted by Crippen LogP contribution is -1.98. The number of benzene rings is 1. The van der Waals surface area contributed by atoms with Crippen LogP contribution in [0.3, 0.4) is 0 Å². The summed E-state index contributed by atoms with van der Waals surface area (Å²) in [5.74, 6) is 1.16. The van der Waals surface area contributed by atoms with Gasteiger partial charge in [-0.2, -0.15) is 4.98 Å². The van der Waals surface area contributed by atoms with Crippen molar-refractivity contribution in [3.8, 4) is 11.6 Å². The van der Waals surface area contributed by atoms with Crippen LogP contribution in [0.25, 0.3) is 33.4 Å². The zero-order valence-corrected chi connectivity index (χ0v) is 15.5. The average molecular weight is 350 g/mol. The maximum absolute atomic E-state index is 5.75. The van der Waals surface area contributed by atoms with Crippen LogP contribution in [0.15, 0.2) is 28.9 Å². The standard InChI is InChI=1S/C20H22N4O2/c1-5-17-23-20(26-24-17)19-11(3)18-14-9-13(12(4)25-6-2)7-8-15(14)22-16(18)10-21-19/h7-10,12,22H,5-6H2,1-4H3. The van der Waals surface area contributed by atoms with E-state index >= 15 is 0 Å². The molecule has 0 spiro atoms. The molecule has 0 saturated heterocycles. The van der Waals surface area contributed by atoms with Crippen LogP contribution in [0.2, 0.25) is 0 Å². The Bertz CT molecular complexity index is 1080. The van der Waals surface area contributed by atoms with Crippen molar-refractivity contribution in [3.63, 3.8) is 0 Å². The van der Waals surface area contributed by atoms with Crippen molar-refractivity contribution < 1.29 is 9.26 Å². The van der Waals surface area contributed by atoms with Gasteiger partial charge in [0.25, 0.3) is 5.89 Å². The molecule has 0 amide bonds. The Morgan fingerprint density at radius 3 is 2.81 bits per heavy atom. The van der Waals surface area contributed by atoms with Gasteiger partial charge in [0, 0.05) is 29.3 Å². The van der Waals surface area contributed by atoms with Crippen LogP contribution in [0.1, 0.15) is 43.8 Å². The molecule has 26 heavy (non-hydrogen) atoms. The number of hydrogen-bond acceptors (Lipinski definition) is 5. The van der Waals surface area contributed by atoms with E-state index in [9.17, 15) is 0 Å². The van der Waals surface area contributed by atoms with Gasteiger partial charge in [-0.15, -0.1) is 0 Å². The van der Waals surface area contributed by atoms with E-state index in [2.05, 4.69) is 45.2 Å². The number of rotatable bonds is 5. The second kappa shape index (κ2) is 6.53. The fourth-order valence-electron chi connectivity index (χ4n) is 3.38. The summed E-state index contributed by atoms with van der Waals surface area (Å²) in [4.78, 5) is 12.4. The van der Waals surface area contributed by atoms with Gasteiger partial charge in [-0.3, -0.25) is 0 Å². The first-order chi connectivity index (χ1) is 12.6. The first-order valence-electron chi connectivity index (χ1n) is 8.97. The lowest BCUT2D eigenvalue weighted by Gasteiger charge is -2.12. The van der Waals surface area contributed by atoms with Crippen LogP contribution in [0.5, 0.6) is 0 Å².